The van der Waals surface area contributed by atoms with E-state index < -0.39 is 23.0 Å². The van der Waals surface area contributed by atoms with Gasteiger partial charge in [-0.05, 0) is 77.9 Å². The van der Waals surface area contributed by atoms with Gasteiger partial charge in [0.15, 0.2) is 0 Å². The summed E-state index contributed by atoms with van der Waals surface area (Å²) >= 11 is 1.31. The topological polar surface area (TPSA) is 140 Å². The van der Waals surface area contributed by atoms with Crippen molar-refractivity contribution in [3.8, 4) is 5.75 Å². The maximum atomic E-state index is 13.6. The number of ether oxygens (including phenoxy) is 1. The van der Waals surface area contributed by atoms with E-state index in [0.717, 1.165) is 10.5 Å². The highest BCUT2D eigenvalue weighted by Gasteiger charge is 2.24. The summed E-state index contributed by atoms with van der Waals surface area (Å²) in [7, 11) is 1.57. The number of hydrogen-bond donors (Lipinski definition) is 4. The number of thioether (sulfide) groups is 1. The summed E-state index contributed by atoms with van der Waals surface area (Å²) in [6, 6.07) is 38.5. The van der Waals surface area contributed by atoms with Gasteiger partial charge in [0.05, 0.1) is 18.4 Å². The van der Waals surface area contributed by atoms with Crippen LogP contribution in [0.15, 0.2) is 144 Å². The molecule has 0 aromatic heterocycles. The van der Waals surface area contributed by atoms with E-state index in [1.54, 1.807) is 116 Å². The molecular weight excluding hydrogens is 625 g/mol. The van der Waals surface area contributed by atoms with E-state index in [2.05, 4.69) is 16.0 Å². The largest absolute Gasteiger partial charge is 0.497 e. The zero-order valence-corrected chi connectivity index (χ0v) is 26.7. The number of nitrogens with two attached hydrogens (primary N) is 1. The summed E-state index contributed by atoms with van der Waals surface area (Å²) in [6.45, 7) is 0. The average molecular weight is 657 g/mol. The van der Waals surface area contributed by atoms with E-state index in [4.69, 9.17) is 10.5 Å². The molecule has 4 amide bonds. The van der Waals surface area contributed by atoms with Gasteiger partial charge in [0.25, 0.3) is 17.7 Å². The van der Waals surface area contributed by atoms with Crippen molar-refractivity contribution in [3.05, 3.63) is 161 Å². The second kappa shape index (κ2) is 15.9. The zero-order chi connectivity index (χ0) is 33.9. The molecule has 5 N–H and O–H groups in total. The molecule has 48 heavy (non-hydrogen) atoms. The van der Waals surface area contributed by atoms with Gasteiger partial charge < -0.3 is 26.4 Å². The third-order valence-electron chi connectivity index (χ3n) is 7.11. The normalized spacial score (nSPS) is 11.6. The van der Waals surface area contributed by atoms with Crippen molar-refractivity contribution < 1.29 is 23.9 Å². The van der Waals surface area contributed by atoms with E-state index in [-0.39, 0.29) is 17.2 Å². The van der Waals surface area contributed by atoms with Gasteiger partial charge in [-0.25, -0.2) is 0 Å². The Hall–Kier alpha value is -6.13. The van der Waals surface area contributed by atoms with Crippen LogP contribution in [0.2, 0.25) is 0 Å². The molecule has 9 nitrogen and oxygen atoms in total. The molecule has 0 saturated heterocycles. The van der Waals surface area contributed by atoms with Crippen molar-refractivity contribution in [1.82, 2.24) is 5.32 Å². The van der Waals surface area contributed by atoms with Crippen molar-refractivity contribution in [2.75, 3.05) is 17.7 Å². The summed E-state index contributed by atoms with van der Waals surface area (Å²) in [4.78, 5) is 52.7. The summed E-state index contributed by atoms with van der Waals surface area (Å²) in [6.07, 6.45) is 1.58. The van der Waals surface area contributed by atoms with Crippen molar-refractivity contribution in [2.24, 2.45) is 5.73 Å². The molecule has 0 aliphatic carbocycles. The lowest BCUT2D eigenvalue weighted by Crippen LogP contribution is -2.30. The Morgan fingerprint density at radius 3 is 2.00 bits per heavy atom. The molecule has 0 aliphatic heterocycles. The molecule has 0 spiro atoms. The van der Waals surface area contributed by atoms with E-state index >= 15 is 0 Å². The first-order chi connectivity index (χ1) is 23.3. The van der Waals surface area contributed by atoms with E-state index in [0.29, 0.717) is 28.3 Å². The third kappa shape index (κ3) is 8.77. The van der Waals surface area contributed by atoms with Gasteiger partial charge in [-0.1, -0.05) is 72.8 Å². The van der Waals surface area contributed by atoms with Gasteiger partial charge in [0, 0.05) is 16.1 Å². The second-order valence-corrected chi connectivity index (χ2v) is 11.6. The Bertz CT molecular complexity index is 1930. The first-order valence-electron chi connectivity index (χ1n) is 14.9. The third-order valence-corrected chi connectivity index (χ3v) is 8.38. The number of carbonyl (C=O) groups is 4. The minimum absolute atomic E-state index is 0.0459. The number of hydrogen-bond acceptors (Lipinski definition) is 6. The van der Waals surface area contributed by atoms with Gasteiger partial charge in [-0.15, -0.1) is 11.8 Å². The van der Waals surface area contributed by atoms with Crippen LogP contribution in [-0.4, -0.2) is 30.7 Å². The van der Waals surface area contributed by atoms with Crippen LogP contribution in [0.1, 0.15) is 37.1 Å². The highest BCUT2D eigenvalue weighted by Crippen LogP contribution is 2.37. The van der Waals surface area contributed by atoms with Crippen molar-refractivity contribution in [3.63, 3.8) is 0 Å². The maximum Gasteiger partial charge on any atom is 0.272 e. The lowest BCUT2D eigenvalue weighted by Gasteiger charge is -2.18. The fraction of sp³-hybridized carbons (Fsp3) is 0.0526. The van der Waals surface area contributed by atoms with Gasteiger partial charge in [-0.3, -0.25) is 19.2 Å². The molecule has 1 atom stereocenters. The Morgan fingerprint density at radius 1 is 0.729 bits per heavy atom. The van der Waals surface area contributed by atoms with Crippen molar-refractivity contribution in [1.29, 1.82) is 0 Å². The Kier molecular flexibility index (Phi) is 11.0. The summed E-state index contributed by atoms with van der Waals surface area (Å²) < 4.78 is 5.22. The molecule has 0 saturated carbocycles. The summed E-state index contributed by atoms with van der Waals surface area (Å²) in [5.41, 5.74) is 8.43. The molecule has 0 aliphatic rings. The number of benzene rings is 5. The SMILES string of the molecule is COc1ccc(/C=C(\NC(=O)c2ccccc2)C(=O)Nc2ccc(SC(C(=O)Nc3ccccc3C(N)=O)c3ccccc3)cc2)cc1. The standard InChI is InChI=1S/C38H32N4O5S/c1-47-29-20-16-25(17-21-29)24-33(42-36(44)27-12-6-3-7-13-27)37(45)40-28-18-22-30(23-19-28)48-34(26-10-4-2-5-11-26)38(46)41-32-15-9-8-14-31(32)35(39)43/h2-24,34H,1H3,(H2,39,43)(H,40,45)(H,41,46)(H,42,44)/b33-24-. The van der Waals surface area contributed by atoms with Crippen LogP contribution in [-0.2, 0) is 9.59 Å². The number of methoxy groups -OCH3 is 1. The fourth-order valence-electron chi connectivity index (χ4n) is 4.67. The van der Waals surface area contributed by atoms with Crippen molar-refractivity contribution >= 4 is 52.8 Å². The lowest BCUT2D eigenvalue weighted by molar-refractivity contribution is -0.116. The highest BCUT2D eigenvalue weighted by atomic mass is 32.2. The number of para-hydroxylation sites is 1. The number of carbonyl (C=O) groups excluding carboxylic acids is 4. The predicted molar refractivity (Wildman–Crippen MR) is 189 cm³/mol. The Balaban J connectivity index is 1.34. The number of amides is 4. The van der Waals surface area contributed by atoms with Crippen molar-refractivity contribution in [2.45, 2.75) is 10.1 Å². The van der Waals surface area contributed by atoms with Crippen LogP contribution in [0.5, 0.6) is 5.75 Å². The van der Waals surface area contributed by atoms with Crippen LogP contribution < -0.4 is 26.4 Å². The zero-order valence-electron chi connectivity index (χ0n) is 25.9. The van der Waals surface area contributed by atoms with Crippen LogP contribution >= 0.6 is 11.8 Å². The fourth-order valence-corrected chi connectivity index (χ4v) is 5.69. The number of primary amides is 1. The van der Waals surface area contributed by atoms with E-state index in [1.165, 1.54) is 11.8 Å². The molecule has 240 valence electrons. The van der Waals surface area contributed by atoms with Gasteiger partial charge in [-0.2, -0.15) is 0 Å². The van der Waals surface area contributed by atoms with Crippen LogP contribution in [0.4, 0.5) is 11.4 Å². The van der Waals surface area contributed by atoms with E-state index in [1.807, 2.05) is 30.3 Å². The predicted octanol–water partition coefficient (Wildman–Crippen LogP) is 6.68. The molecule has 0 radical (unpaired) electrons. The van der Waals surface area contributed by atoms with E-state index in [9.17, 15) is 19.2 Å². The minimum atomic E-state index is -0.667. The van der Waals surface area contributed by atoms with Gasteiger partial charge in [0.1, 0.15) is 16.7 Å². The highest BCUT2D eigenvalue weighted by molar-refractivity contribution is 8.00. The first kappa shape index (κ1) is 33.2. The number of nitrogens with one attached hydrogen (secondary N) is 3. The van der Waals surface area contributed by atoms with Gasteiger partial charge >= 0.3 is 0 Å². The Morgan fingerprint density at radius 2 is 1.35 bits per heavy atom. The quantitative estimate of drug-likeness (QED) is 0.0873. The lowest BCUT2D eigenvalue weighted by atomic mass is 10.1. The summed E-state index contributed by atoms with van der Waals surface area (Å²) in [5.74, 6) is -1.27. The molecule has 5 rings (SSSR count). The second-order valence-electron chi connectivity index (χ2n) is 10.4. The van der Waals surface area contributed by atoms with Crippen LogP contribution in [0.25, 0.3) is 6.08 Å². The number of rotatable bonds is 12. The smallest absolute Gasteiger partial charge is 0.272 e. The molecule has 0 fully saturated rings. The minimum Gasteiger partial charge on any atom is -0.497 e. The Labute approximate surface area is 282 Å². The van der Waals surface area contributed by atoms with Crippen LogP contribution in [0.3, 0.4) is 0 Å². The molecule has 1 unspecified atom stereocenters. The molecule has 0 bridgehead atoms. The molecular formula is C38H32N4O5S. The number of anilines is 2. The monoisotopic (exact) mass is 656 g/mol. The molecule has 5 aromatic carbocycles. The summed E-state index contributed by atoms with van der Waals surface area (Å²) in [5, 5.41) is 7.76. The molecule has 5 aromatic rings. The van der Waals surface area contributed by atoms with Crippen LogP contribution in [0, 0.1) is 0 Å². The first-order valence-corrected chi connectivity index (χ1v) is 15.7. The average Bonchev–Trinajstić information content (AvgIpc) is 3.12. The van der Waals surface area contributed by atoms with Gasteiger partial charge in [0.2, 0.25) is 5.91 Å². The maximum absolute atomic E-state index is 13.6. The molecule has 0 heterocycles. The molecule has 10 heteroatoms.